The molecule has 55 heavy (non-hydrogen) atoms. The topological polar surface area (TPSA) is 219 Å². The lowest BCUT2D eigenvalue weighted by Gasteiger charge is -2.46. The average Bonchev–Trinajstić information content (AvgIpc) is 3.12. The molecule has 0 spiro atoms. The molecule has 2 saturated heterocycles. The number of aliphatic hydroxyl groups excluding tert-OH is 6. The van der Waals surface area contributed by atoms with Gasteiger partial charge in [-0.05, 0) is 58.4 Å². The van der Waals surface area contributed by atoms with Crippen molar-refractivity contribution < 1.29 is 58.4 Å². The summed E-state index contributed by atoms with van der Waals surface area (Å²) < 4.78 is 34.5. The van der Waals surface area contributed by atoms with Gasteiger partial charge in [-0.25, -0.2) is 9.59 Å². The van der Waals surface area contributed by atoms with E-state index in [4.69, 9.17) is 27.8 Å². The molecule has 4 heterocycles. The lowest BCUT2D eigenvalue weighted by molar-refractivity contribution is -0.231. The number of hydrogen-bond acceptors (Lipinski definition) is 15. The summed E-state index contributed by atoms with van der Waals surface area (Å²) in [5.41, 5.74) is -1.13. The third-order valence-electron chi connectivity index (χ3n) is 10.1. The highest BCUT2D eigenvalue weighted by Crippen LogP contribution is 2.38. The summed E-state index contributed by atoms with van der Waals surface area (Å²) in [5.74, 6) is 0. The quantitative estimate of drug-likeness (QED) is 0.127. The number of rotatable bonds is 10. The van der Waals surface area contributed by atoms with Crippen molar-refractivity contribution in [3.8, 4) is 0 Å². The standard InChI is InChI=1S/C40H50O14S/c1-39(2,3)23-7-9-25-19(13-23)11-21(35(47)51-25)17-49-33-29(43)27(15-41)53-37(31(33)45)55-38-32(46)34(30(44)28(16-42)54-38)50-18-22-12-20-14-24(40(4,5)6)8-10-26(20)52-36(22)48/h7-14,27-34,37-38,41-46H,15-18H2,1-6H3/t27-,28-,29+,30+,31-,32-,33+,34+,37+,38+/m1/s1. The van der Waals surface area contributed by atoms with Gasteiger partial charge in [0.05, 0.1) is 37.6 Å². The Labute approximate surface area is 321 Å². The SMILES string of the molecule is CC(C)(C)c1ccc2oc(=O)c(CO[C@H]3[C@@H](O)[C@@H](CO)O[C@@H](S[C@@H]4O[C@H](CO)[C@H](O)[C@H](OCc5cc6cc(C(C)(C)C)ccc6oc5=O)[C@H]4O)[C@@H]3O)cc2c1. The molecule has 6 N–H and O–H groups in total. The molecule has 0 unspecified atom stereocenters. The number of fused-ring (bicyclic) bond motifs is 2. The predicted molar refractivity (Wildman–Crippen MR) is 203 cm³/mol. The maximum atomic E-state index is 12.9. The van der Waals surface area contributed by atoms with Gasteiger partial charge < -0.3 is 58.4 Å². The molecule has 0 bridgehead atoms. The maximum Gasteiger partial charge on any atom is 0.341 e. The Morgan fingerprint density at radius 3 is 1.33 bits per heavy atom. The van der Waals surface area contributed by atoms with Crippen LogP contribution in [0.25, 0.3) is 21.9 Å². The first-order valence-corrected chi connectivity index (χ1v) is 19.1. The van der Waals surface area contributed by atoms with E-state index >= 15 is 0 Å². The fraction of sp³-hybridized carbons (Fsp3) is 0.550. The van der Waals surface area contributed by atoms with E-state index < -0.39 is 84.2 Å². The summed E-state index contributed by atoms with van der Waals surface area (Å²) in [5, 5.41) is 66.3. The smallest absolute Gasteiger partial charge is 0.341 e. The summed E-state index contributed by atoms with van der Waals surface area (Å²) in [7, 11) is 0. The van der Waals surface area contributed by atoms with Crippen molar-refractivity contribution in [1.82, 2.24) is 0 Å². The third kappa shape index (κ3) is 8.87. The number of ether oxygens (including phenoxy) is 4. The van der Waals surface area contributed by atoms with Gasteiger partial charge in [0.2, 0.25) is 0 Å². The summed E-state index contributed by atoms with van der Waals surface area (Å²) >= 11 is 0.759. The molecule has 0 amide bonds. The van der Waals surface area contributed by atoms with Gasteiger partial charge in [-0.2, -0.15) is 0 Å². The molecular weight excluding hydrogens is 736 g/mol. The lowest BCUT2D eigenvalue weighted by atomic mass is 9.86. The van der Waals surface area contributed by atoms with E-state index in [1.165, 1.54) is 0 Å². The normalized spacial score (nSPS) is 29.2. The van der Waals surface area contributed by atoms with Crippen LogP contribution in [0.1, 0.15) is 63.8 Å². The van der Waals surface area contributed by atoms with Crippen LogP contribution in [-0.4, -0.2) is 104 Å². The molecule has 0 saturated carbocycles. The van der Waals surface area contributed by atoms with E-state index in [1.54, 1.807) is 24.3 Å². The van der Waals surface area contributed by atoms with E-state index in [0.29, 0.717) is 21.9 Å². The van der Waals surface area contributed by atoms with Gasteiger partial charge in [-0.15, -0.1) is 0 Å². The van der Waals surface area contributed by atoms with E-state index in [2.05, 4.69) is 41.5 Å². The van der Waals surface area contributed by atoms with Gasteiger partial charge >= 0.3 is 11.3 Å². The van der Waals surface area contributed by atoms with Crippen molar-refractivity contribution >= 4 is 33.7 Å². The fourth-order valence-electron chi connectivity index (χ4n) is 6.70. The zero-order chi connectivity index (χ0) is 40.0. The lowest BCUT2D eigenvalue weighted by Crippen LogP contribution is -2.61. The van der Waals surface area contributed by atoms with Crippen LogP contribution in [0.3, 0.4) is 0 Å². The van der Waals surface area contributed by atoms with Crippen LogP contribution in [-0.2, 0) is 43.0 Å². The van der Waals surface area contributed by atoms with E-state index in [1.807, 2.05) is 24.3 Å². The van der Waals surface area contributed by atoms with Crippen molar-refractivity contribution in [2.24, 2.45) is 0 Å². The second-order valence-electron chi connectivity index (χ2n) is 16.2. The van der Waals surface area contributed by atoms with E-state index in [-0.39, 0.29) is 35.2 Å². The second-order valence-corrected chi connectivity index (χ2v) is 17.4. The van der Waals surface area contributed by atoms with Crippen molar-refractivity contribution in [2.45, 2.75) is 125 Å². The van der Waals surface area contributed by atoms with Gasteiger partial charge in [0, 0.05) is 10.8 Å². The number of benzene rings is 2. The van der Waals surface area contributed by atoms with Crippen LogP contribution < -0.4 is 11.3 Å². The largest absolute Gasteiger partial charge is 0.422 e. The number of thioether (sulfide) groups is 1. The first-order chi connectivity index (χ1) is 25.9. The van der Waals surface area contributed by atoms with E-state index in [0.717, 1.165) is 22.9 Å². The second kappa shape index (κ2) is 16.3. The van der Waals surface area contributed by atoms with Gasteiger partial charge in [0.15, 0.2) is 0 Å². The molecule has 0 radical (unpaired) electrons. The van der Waals surface area contributed by atoms with Gasteiger partial charge in [0.1, 0.15) is 70.9 Å². The molecule has 14 nitrogen and oxygen atoms in total. The molecule has 6 rings (SSSR count). The van der Waals surface area contributed by atoms with Gasteiger partial charge in [-0.1, -0.05) is 65.4 Å². The Bertz CT molecular complexity index is 1940. The van der Waals surface area contributed by atoms with Crippen molar-refractivity contribution in [2.75, 3.05) is 13.2 Å². The van der Waals surface area contributed by atoms with Crippen LogP contribution in [0.4, 0.5) is 0 Å². The third-order valence-corrected chi connectivity index (χ3v) is 11.4. The highest BCUT2D eigenvalue weighted by Gasteiger charge is 2.51. The predicted octanol–water partition coefficient (Wildman–Crippen LogP) is 2.58. The zero-order valence-corrected chi connectivity index (χ0v) is 32.4. The van der Waals surface area contributed by atoms with Crippen molar-refractivity contribution in [3.63, 3.8) is 0 Å². The molecule has 2 aliphatic rings. The van der Waals surface area contributed by atoms with Crippen LogP contribution in [0.5, 0.6) is 0 Å². The summed E-state index contributed by atoms with van der Waals surface area (Å²) in [6, 6.07) is 14.3. The van der Waals surface area contributed by atoms with Crippen LogP contribution in [0, 0.1) is 0 Å². The van der Waals surface area contributed by atoms with Crippen molar-refractivity contribution in [1.29, 1.82) is 0 Å². The highest BCUT2D eigenvalue weighted by molar-refractivity contribution is 8.00. The minimum Gasteiger partial charge on any atom is -0.422 e. The summed E-state index contributed by atoms with van der Waals surface area (Å²) in [6.07, 6.45) is -11.5. The molecule has 15 heteroatoms. The number of aliphatic hydroxyl groups is 6. The molecular formula is C40H50O14S. The zero-order valence-electron chi connectivity index (χ0n) is 31.6. The molecule has 0 aliphatic carbocycles. The molecule has 2 fully saturated rings. The molecule has 2 aliphatic heterocycles. The highest BCUT2D eigenvalue weighted by atomic mass is 32.2. The monoisotopic (exact) mass is 786 g/mol. The molecule has 4 aromatic rings. The molecule has 2 aromatic carbocycles. The Balaban J connectivity index is 1.18. The first kappa shape index (κ1) is 41.4. The summed E-state index contributed by atoms with van der Waals surface area (Å²) in [4.78, 5) is 25.7. The summed E-state index contributed by atoms with van der Waals surface area (Å²) in [6.45, 7) is 10.3. The molecule has 2 aromatic heterocycles. The Kier molecular flexibility index (Phi) is 12.3. The Morgan fingerprint density at radius 1 is 0.600 bits per heavy atom. The molecule has 300 valence electrons. The van der Waals surface area contributed by atoms with Crippen LogP contribution >= 0.6 is 11.8 Å². The molecule has 10 atom stereocenters. The van der Waals surface area contributed by atoms with Gasteiger partial charge in [0.25, 0.3) is 0 Å². The Morgan fingerprint density at radius 2 is 0.982 bits per heavy atom. The number of hydrogen-bond donors (Lipinski definition) is 6. The fourth-order valence-corrected chi connectivity index (χ4v) is 8.01. The minimum atomic E-state index is -1.59. The minimum absolute atomic E-state index is 0.134. The van der Waals surface area contributed by atoms with Gasteiger partial charge in [-0.3, -0.25) is 0 Å². The van der Waals surface area contributed by atoms with E-state index in [9.17, 15) is 40.2 Å². The van der Waals surface area contributed by atoms with Crippen LogP contribution in [0.2, 0.25) is 0 Å². The van der Waals surface area contributed by atoms with Crippen LogP contribution in [0.15, 0.2) is 67.0 Å². The maximum absolute atomic E-state index is 12.9. The Hall–Kier alpha value is -3.19. The van der Waals surface area contributed by atoms with Crippen molar-refractivity contribution in [3.05, 3.63) is 91.6 Å². The first-order valence-electron chi connectivity index (χ1n) is 18.2. The average molecular weight is 787 g/mol.